The van der Waals surface area contributed by atoms with E-state index in [1.807, 2.05) is 6.92 Å². The average molecular weight is 172 g/mol. The number of urea groups is 1. The summed E-state index contributed by atoms with van der Waals surface area (Å²) >= 11 is 0. The van der Waals surface area contributed by atoms with Gasteiger partial charge in [0.1, 0.15) is 0 Å². The van der Waals surface area contributed by atoms with Crippen molar-refractivity contribution in [1.29, 1.82) is 0 Å². The second-order valence-electron chi connectivity index (χ2n) is 2.60. The zero-order chi connectivity index (χ0) is 9.14. The van der Waals surface area contributed by atoms with Gasteiger partial charge in [-0.25, -0.2) is 9.80 Å². The van der Waals surface area contributed by atoms with Crippen molar-refractivity contribution in [2.45, 2.75) is 19.5 Å². The van der Waals surface area contributed by atoms with Gasteiger partial charge in [0.15, 0.2) is 6.17 Å². The minimum atomic E-state index is -0.711. The largest absolute Gasteiger partial charge is 0.323 e. The molecule has 0 spiro atoms. The van der Waals surface area contributed by atoms with Crippen LogP contribution in [0.25, 0.3) is 0 Å². The highest BCUT2D eigenvalue weighted by molar-refractivity contribution is 6.03. The molecule has 12 heavy (non-hydrogen) atoms. The van der Waals surface area contributed by atoms with E-state index in [0.29, 0.717) is 6.54 Å². The Balaban J connectivity index is 2.51. The molecular formula is C6H12N4O2. The Morgan fingerprint density at radius 3 is 2.67 bits per heavy atom. The fourth-order valence-electron chi connectivity index (χ4n) is 1.03. The van der Waals surface area contributed by atoms with Crippen molar-refractivity contribution in [3.8, 4) is 0 Å². The summed E-state index contributed by atoms with van der Waals surface area (Å²) in [5.41, 5.74) is 0. The van der Waals surface area contributed by atoms with Gasteiger partial charge in [0.05, 0.1) is 0 Å². The second-order valence-corrected chi connectivity index (χ2v) is 2.60. The van der Waals surface area contributed by atoms with E-state index in [0.717, 1.165) is 6.42 Å². The van der Waals surface area contributed by atoms with Gasteiger partial charge in [-0.2, -0.15) is 0 Å². The van der Waals surface area contributed by atoms with E-state index >= 15 is 0 Å². The number of nitrogens with one attached hydrogen (secondary N) is 2. The topological polar surface area (TPSA) is 87.5 Å². The van der Waals surface area contributed by atoms with Gasteiger partial charge in [0, 0.05) is 6.54 Å². The van der Waals surface area contributed by atoms with E-state index in [2.05, 4.69) is 10.6 Å². The fourth-order valence-corrected chi connectivity index (χ4v) is 1.03. The number of nitrogens with zero attached hydrogens (tertiary/aromatic N) is 1. The minimum absolute atomic E-state index is 0.393. The lowest BCUT2D eigenvalue weighted by molar-refractivity contribution is -0.124. The van der Waals surface area contributed by atoms with Gasteiger partial charge in [0.25, 0.3) is 5.91 Å². The van der Waals surface area contributed by atoms with Gasteiger partial charge in [0.2, 0.25) is 0 Å². The molecule has 1 heterocycles. The molecule has 68 valence electrons. The first-order valence-electron chi connectivity index (χ1n) is 3.78. The quantitative estimate of drug-likeness (QED) is 0.281. The van der Waals surface area contributed by atoms with Crippen molar-refractivity contribution in [2.75, 3.05) is 6.54 Å². The molecule has 0 aromatic rings. The van der Waals surface area contributed by atoms with Crippen molar-refractivity contribution in [3.63, 3.8) is 0 Å². The smallest absolute Gasteiger partial charge is 0.313 e. The molecule has 1 unspecified atom stereocenters. The van der Waals surface area contributed by atoms with Crippen LogP contribution in [-0.4, -0.2) is 29.7 Å². The van der Waals surface area contributed by atoms with Crippen LogP contribution in [0.5, 0.6) is 0 Å². The normalized spacial score (nSPS) is 22.8. The number of carbonyl (C=O) groups excluding carboxylic acids is 2. The number of hydrogen-bond donors (Lipinski definition) is 3. The van der Waals surface area contributed by atoms with Crippen molar-refractivity contribution >= 4 is 11.9 Å². The van der Waals surface area contributed by atoms with Crippen LogP contribution in [0.3, 0.4) is 0 Å². The van der Waals surface area contributed by atoms with Crippen LogP contribution in [-0.2, 0) is 4.79 Å². The molecule has 1 saturated heterocycles. The molecule has 6 heteroatoms. The molecule has 1 fully saturated rings. The third kappa shape index (κ3) is 1.72. The van der Waals surface area contributed by atoms with E-state index in [4.69, 9.17) is 5.84 Å². The van der Waals surface area contributed by atoms with Crippen molar-refractivity contribution in [2.24, 2.45) is 5.84 Å². The third-order valence-electron chi connectivity index (χ3n) is 1.57. The highest BCUT2D eigenvalue weighted by Crippen LogP contribution is 1.96. The zero-order valence-electron chi connectivity index (χ0n) is 6.83. The first kappa shape index (κ1) is 8.95. The molecule has 1 aliphatic rings. The maximum atomic E-state index is 11.0. The number of nitrogens with two attached hydrogens (primary N) is 1. The molecule has 0 saturated carbocycles. The molecule has 1 aliphatic heterocycles. The summed E-state index contributed by atoms with van der Waals surface area (Å²) in [7, 11) is 0. The summed E-state index contributed by atoms with van der Waals surface area (Å²) in [6.07, 6.45) is 0.119. The molecule has 0 aliphatic carbocycles. The monoisotopic (exact) mass is 172 g/mol. The number of rotatable bonds is 3. The van der Waals surface area contributed by atoms with Gasteiger partial charge in [-0.05, 0) is 6.42 Å². The third-order valence-corrected chi connectivity index (χ3v) is 1.57. The Labute approximate surface area is 70.1 Å². The van der Waals surface area contributed by atoms with E-state index in [9.17, 15) is 9.59 Å². The second kappa shape index (κ2) is 3.51. The molecule has 6 nitrogen and oxygen atoms in total. The molecule has 1 rings (SSSR count). The Morgan fingerprint density at radius 2 is 2.25 bits per heavy atom. The summed E-state index contributed by atoms with van der Waals surface area (Å²) in [4.78, 5) is 21.6. The van der Waals surface area contributed by atoms with Crippen LogP contribution in [0.1, 0.15) is 13.3 Å². The molecular weight excluding hydrogens is 160 g/mol. The molecule has 1 atom stereocenters. The van der Waals surface area contributed by atoms with Crippen LogP contribution < -0.4 is 16.5 Å². The number of carbonyl (C=O) groups is 2. The van der Waals surface area contributed by atoms with Gasteiger partial charge in [-0.15, -0.1) is 0 Å². The SMILES string of the molecule is CCCN(N)C1NC(=O)NC1=O. The predicted molar refractivity (Wildman–Crippen MR) is 41.6 cm³/mol. The van der Waals surface area contributed by atoms with Gasteiger partial charge in [-0.3, -0.25) is 16.0 Å². The Kier molecular flexibility index (Phi) is 2.61. The number of hydrazine groups is 1. The summed E-state index contributed by atoms with van der Waals surface area (Å²) in [6, 6.07) is -0.489. The molecule has 0 bridgehead atoms. The Bertz CT molecular complexity index is 206. The van der Waals surface area contributed by atoms with E-state index in [1.54, 1.807) is 0 Å². The van der Waals surface area contributed by atoms with E-state index in [1.165, 1.54) is 5.01 Å². The lowest BCUT2D eigenvalue weighted by Gasteiger charge is -2.19. The van der Waals surface area contributed by atoms with Crippen molar-refractivity contribution < 1.29 is 9.59 Å². The minimum Gasteiger partial charge on any atom is -0.313 e. The number of imide groups is 1. The average Bonchev–Trinajstić information content (AvgIpc) is 2.30. The molecule has 0 aromatic carbocycles. The molecule has 0 aromatic heterocycles. The Hall–Kier alpha value is -1.14. The standard InChI is InChI=1S/C6H12N4O2/c1-2-3-10(7)4-5(11)9-6(12)8-4/h4H,2-3,7H2,1H3,(H2,8,9,11,12). The van der Waals surface area contributed by atoms with Gasteiger partial charge in [-0.1, -0.05) is 6.92 Å². The van der Waals surface area contributed by atoms with Crippen molar-refractivity contribution in [3.05, 3.63) is 0 Å². The van der Waals surface area contributed by atoms with E-state index < -0.39 is 18.1 Å². The van der Waals surface area contributed by atoms with Gasteiger partial charge < -0.3 is 5.32 Å². The van der Waals surface area contributed by atoms with E-state index in [-0.39, 0.29) is 0 Å². The predicted octanol–water partition coefficient (Wildman–Crippen LogP) is -1.26. The summed E-state index contributed by atoms with van der Waals surface area (Å²) < 4.78 is 0. The first-order chi connectivity index (χ1) is 5.65. The maximum Gasteiger partial charge on any atom is 0.323 e. The number of amides is 3. The summed E-state index contributed by atoms with van der Waals surface area (Å²) in [6.45, 7) is 2.51. The zero-order valence-corrected chi connectivity index (χ0v) is 6.83. The Morgan fingerprint density at radius 1 is 1.58 bits per heavy atom. The maximum absolute atomic E-state index is 11.0. The van der Waals surface area contributed by atoms with Gasteiger partial charge >= 0.3 is 6.03 Å². The first-order valence-corrected chi connectivity index (χ1v) is 3.78. The van der Waals surface area contributed by atoms with Crippen LogP contribution in [0.4, 0.5) is 4.79 Å². The number of hydrogen-bond acceptors (Lipinski definition) is 4. The van der Waals surface area contributed by atoms with Crippen LogP contribution in [0.15, 0.2) is 0 Å². The molecule has 3 amide bonds. The molecule has 4 N–H and O–H groups in total. The fraction of sp³-hybridized carbons (Fsp3) is 0.667. The van der Waals surface area contributed by atoms with Crippen LogP contribution in [0.2, 0.25) is 0 Å². The highest BCUT2D eigenvalue weighted by atomic mass is 16.2. The lowest BCUT2D eigenvalue weighted by atomic mass is 10.4. The summed E-state index contributed by atoms with van der Waals surface area (Å²) in [5, 5.41) is 5.79. The summed E-state index contributed by atoms with van der Waals surface area (Å²) in [5.74, 6) is 5.11. The molecule has 0 radical (unpaired) electrons. The van der Waals surface area contributed by atoms with Crippen LogP contribution >= 0.6 is 0 Å². The van der Waals surface area contributed by atoms with Crippen LogP contribution in [0, 0.1) is 0 Å². The van der Waals surface area contributed by atoms with Crippen molar-refractivity contribution in [1.82, 2.24) is 15.6 Å². The highest BCUT2D eigenvalue weighted by Gasteiger charge is 2.32. The lowest BCUT2D eigenvalue weighted by Crippen LogP contribution is -2.51.